The van der Waals surface area contributed by atoms with Gasteiger partial charge in [-0.2, -0.15) is 23.1 Å². The van der Waals surface area contributed by atoms with E-state index in [0.717, 1.165) is 0 Å². The Morgan fingerprint density at radius 2 is 1.64 bits per heavy atom. The minimum Gasteiger partial charge on any atom is -0.343 e. The molecule has 7 nitrogen and oxygen atoms in total. The summed E-state index contributed by atoms with van der Waals surface area (Å²) in [5, 5.41) is 12.3. The number of carbonyl (C=O) groups excluding carboxylic acids is 2. The number of anilines is 1. The highest BCUT2D eigenvalue weighted by molar-refractivity contribution is 6.08. The van der Waals surface area contributed by atoms with Crippen LogP contribution in [-0.4, -0.2) is 39.5 Å². The molecule has 2 amide bonds. The Hall–Kier alpha value is -3.69. The first-order chi connectivity index (χ1) is 13.3. The molecule has 2 N–H and O–H groups in total. The number of nitrogens with one attached hydrogen (secondary N) is 2. The van der Waals surface area contributed by atoms with Crippen LogP contribution in [0.15, 0.2) is 60.8 Å². The SMILES string of the molecule is O=C(Nc1ccccc1C(=O)NCC(F)(F)F)c1cnn(-c2ccccc2)n1. The van der Waals surface area contributed by atoms with Crippen LogP contribution >= 0.6 is 0 Å². The molecule has 0 radical (unpaired) electrons. The van der Waals surface area contributed by atoms with Crippen LogP contribution in [0.25, 0.3) is 5.69 Å². The fourth-order valence-corrected chi connectivity index (χ4v) is 2.31. The third-order valence-electron chi connectivity index (χ3n) is 3.58. The summed E-state index contributed by atoms with van der Waals surface area (Å²) >= 11 is 0. The minimum atomic E-state index is -4.54. The Morgan fingerprint density at radius 3 is 2.36 bits per heavy atom. The average molecular weight is 389 g/mol. The maximum atomic E-state index is 12.4. The lowest BCUT2D eigenvalue weighted by Gasteiger charge is -2.12. The van der Waals surface area contributed by atoms with Crippen molar-refractivity contribution in [1.29, 1.82) is 0 Å². The van der Waals surface area contributed by atoms with E-state index in [9.17, 15) is 22.8 Å². The first-order valence-corrected chi connectivity index (χ1v) is 8.06. The van der Waals surface area contributed by atoms with Gasteiger partial charge in [0.05, 0.1) is 23.1 Å². The summed E-state index contributed by atoms with van der Waals surface area (Å²) in [5.41, 5.74) is 0.583. The van der Waals surface area contributed by atoms with Crippen molar-refractivity contribution in [2.75, 3.05) is 11.9 Å². The molecular formula is C18H14F3N5O2. The highest BCUT2D eigenvalue weighted by Crippen LogP contribution is 2.18. The molecule has 144 valence electrons. The highest BCUT2D eigenvalue weighted by atomic mass is 19.4. The summed E-state index contributed by atoms with van der Waals surface area (Å²) in [7, 11) is 0. The average Bonchev–Trinajstić information content (AvgIpc) is 3.17. The summed E-state index contributed by atoms with van der Waals surface area (Å²) in [4.78, 5) is 25.7. The second-order valence-electron chi connectivity index (χ2n) is 5.65. The number of hydrogen-bond acceptors (Lipinski definition) is 4. The van der Waals surface area contributed by atoms with Crippen molar-refractivity contribution in [2.24, 2.45) is 0 Å². The maximum absolute atomic E-state index is 12.4. The number of amides is 2. The smallest absolute Gasteiger partial charge is 0.343 e. The molecule has 0 bridgehead atoms. The van der Waals surface area contributed by atoms with E-state index in [1.54, 1.807) is 29.6 Å². The Kier molecular flexibility index (Phi) is 5.39. The molecule has 0 unspecified atom stereocenters. The first kappa shape index (κ1) is 19.1. The van der Waals surface area contributed by atoms with Gasteiger partial charge in [0.1, 0.15) is 6.54 Å². The topological polar surface area (TPSA) is 88.9 Å². The van der Waals surface area contributed by atoms with Gasteiger partial charge in [0.25, 0.3) is 11.8 Å². The lowest BCUT2D eigenvalue weighted by molar-refractivity contribution is -0.123. The Morgan fingerprint density at radius 1 is 0.964 bits per heavy atom. The molecule has 2 aromatic carbocycles. The zero-order valence-corrected chi connectivity index (χ0v) is 14.3. The van der Waals surface area contributed by atoms with Crippen LogP contribution in [0.5, 0.6) is 0 Å². The monoisotopic (exact) mass is 389 g/mol. The fourth-order valence-electron chi connectivity index (χ4n) is 2.31. The van der Waals surface area contributed by atoms with Crippen molar-refractivity contribution < 1.29 is 22.8 Å². The van der Waals surface area contributed by atoms with Gasteiger partial charge in [-0.1, -0.05) is 30.3 Å². The van der Waals surface area contributed by atoms with Crippen molar-refractivity contribution >= 4 is 17.5 Å². The van der Waals surface area contributed by atoms with Crippen molar-refractivity contribution in [2.45, 2.75) is 6.18 Å². The van der Waals surface area contributed by atoms with E-state index in [1.807, 2.05) is 6.07 Å². The number of hydrogen-bond donors (Lipinski definition) is 2. The van der Waals surface area contributed by atoms with Gasteiger partial charge < -0.3 is 10.6 Å². The highest BCUT2D eigenvalue weighted by Gasteiger charge is 2.28. The molecule has 0 saturated carbocycles. The minimum absolute atomic E-state index is 0.0191. The molecule has 10 heteroatoms. The molecule has 0 aliphatic heterocycles. The Balaban J connectivity index is 1.75. The summed E-state index contributed by atoms with van der Waals surface area (Å²) < 4.78 is 36.9. The quantitative estimate of drug-likeness (QED) is 0.702. The summed E-state index contributed by atoms with van der Waals surface area (Å²) in [5.74, 6) is -1.61. The fraction of sp³-hybridized carbons (Fsp3) is 0.111. The molecule has 0 saturated heterocycles. The zero-order valence-electron chi connectivity index (χ0n) is 14.3. The Bertz CT molecular complexity index is 986. The molecule has 0 fully saturated rings. The van der Waals surface area contributed by atoms with Crippen LogP contribution in [0.4, 0.5) is 18.9 Å². The van der Waals surface area contributed by atoms with Crippen molar-refractivity contribution in [1.82, 2.24) is 20.3 Å². The third kappa shape index (κ3) is 4.72. The molecule has 1 aromatic heterocycles. The summed E-state index contributed by atoms with van der Waals surface area (Å²) in [6, 6.07) is 14.6. The standard InChI is InChI=1S/C18H14F3N5O2/c19-18(20,21)11-22-16(27)13-8-4-5-9-14(13)24-17(28)15-10-23-26(25-15)12-6-2-1-3-7-12/h1-10H,11H2,(H,22,27)(H,24,28). The van der Waals surface area contributed by atoms with E-state index in [-0.39, 0.29) is 16.9 Å². The molecule has 0 spiro atoms. The van der Waals surface area contributed by atoms with E-state index in [0.29, 0.717) is 5.69 Å². The number of para-hydroxylation sites is 2. The zero-order chi connectivity index (χ0) is 20.1. The van der Waals surface area contributed by atoms with Crippen LogP contribution < -0.4 is 10.6 Å². The van der Waals surface area contributed by atoms with Gasteiger partial charge in [0.15, 0.2) is 5.69 Å². The van der Waals surface area contributed by atoms with E-state index >= 15 is 0 Å². The predicted molar refractivity (Wildman–Crippen MR) is 94.1 cm³/mol. The van der Waals surface area contributed by atoms with Crippen LogP contribution in [-0.2, 0) is 0 Å². The van der Waals surface area contributed by atoms with Gasteiger partial charge in [-0.3, -0.25) is 9.59 Å². The number of aromatic nitrogens is 3. The molecule has 0 atom stereocenters. The van der Waals surface area contributed by atoms with Crippen molar-refractivity contribution in [3.05, 3.63) is 72.1 Å². The second-order valence-corrected chi connectivity index (χ2v) is 5.65. The molecule has 1 heterocycles. The molecule has 3 rings (SSSR count). The predicted octanol–water partition coefficient (Wildman–Crippen LogP) is 2.81. The normalized spacial score (nSPS) is 11.1. The van der Waals surface area contributed by atoms with Gasteiger partial charge in [-0.25, -0.2) is 0 Å². The van der Waals surface area contributed by atoms with Crippen molar-refractivity contribution in [3.8, 4) is 5.69 Å². The van der Waals surface area contributed by atoms with E-state index < -0.39 is 24.5 Å². The van der Waals surface area contributed by atoms with Gasteiger partial charge in [0.2, 0.25) is 0 Å². The van der Waals surface area contributed by atoms with Crippen molar-refractivity contribution in [3.63, 3.8) is 0 Å². The van der Waals surface area contributed by atoms with Gasteiger partial charge >= 0.3 is 6.18 Å². The van der Waals surface area contributed by atoms with E-state index in [1.165, 1.54) is 35.3 Å². The molecule has 28 heavy (non-hydrogen) atoms. The van der Waals surface area contributed by atoms with Gasteiger partial charge in [-0.15, -0.1) is 5.10 Å². The molecule has 3 aromatic rings. The molecular weight excluding hydrogens is 375 g/mol. The lowest BCUT2D eigenvalue weighted by atomic mass is 10.1. The Labute approximate surface area is 157 Å². The third-order valence-corrected chi connectivity index (χ3v) is 3.58. The number of benzene rings is 2. The molecule has 0 aliphatic rings. The second kappa shape index (κ2) is 7.91. The van der Waals surface area contributed by atoms with E-state index in [4.69, 9.17) is 0 Å². The van der Waals surface area contributed by atoms with Gasteiger partial charge in [0, 0.05) is 0 Å². The van der Waals surface area contributed by atoms with Crippen LogP contribution in [0.1, 0.15) is 20.8 Å². The van der Waals surface area contributed by atoms with Gasteiger partial charge in [-0.05, 0) is 24.3 Å². The number of nitrogens with zero attached hydrogens (tertiary/aromatic N) is 3. The van der Waals surface area contributed by atoms with Crippen LogP contribution in [0, 0.1) is 0 Å². The number of alkyl halides is 3. The van der Waals surface area contributed by atoms with Crippen LogP contribution in [0.2, 0.25) is 0 Å². The summed E-state index contributed by atoms with van der Waals surface area (Å²) in [6.07, 6.45) is -3.29. The van der Waals surface area contributed by atoms with Crippen LogP contribution in [0.3, 0.4) is 0 Å². The number of carbonyl (C=O) groups is 2. The first-order valence-electron chi connectivity index (χ1n) is 8.06. The number of rotatable bonds is 5. The maximum Gasteiger partial charge on any atom is 0.405 e. The largest absolute Gasteiger partial charge is 0.405 e. The summed E-state index contributed by atoms with van der Waals surface area (Å²) in [6.45, 7) is -1.47. The molecule has 0 aliphatic carbocycles. The van der Waals surface area contributed by atoms with E-state index in [2.05, 4.69) is 15.5 Å². The number of halogens is 3. The lowest BCUT2D eigenvalue weighted by Crippen LogP contribution is -2.34.